The van der Waals surface area contributed by atoms with Crippen LogP contribution in [0.3, 0.4) is 0 Å². The van der Waals surface area contributed by atoms with E-state index in [2.05, 4.69) is 0 Å². The molecule has 0 aliphatic carbocycles. The molecular weight excluding hydrogens is 272 g/mol. The van der Waals surface area contributed by atoms with Gasteiger partial charge in [0, 0.05) is 16.1 Å². The molecule has 0 amide bonds. The fraction of sp³-hybridized carbons (Fsp3) is 0.294. The van der Waals surface area contributed by atoms with Crippen LogP contribution in [0.4, 0.5) is 0 Å². The number of aliphatic hydroxyl groups is 1. The molecule has 1 N–H and O–H groups in total. The Hall–Kier alpha value is -1.51. The largest absolute Gasteiger partial charge is 0.493 e. The zero-order chi connectivity index (χ0) is 14.3. The minimum atomic E-state index is -0.648. The van der Waals surface area contributed by atoms with Gasteiger partial charge in [-0.05, 0) is 37.1 Å². The SMILES string of the molecule is Cc1cc(Cl)c(C(O)C2COc3ccccc32)cc1C. The van der Waals surface area contributed by atoms with Crippen molar-refractivity contribution in [1.29, 1.82) is 0 Å². The predicted molar refractivity (Wildman–Crippen MR) is 80.6 cm³/mol. The maximum Gasteiger partial charge on any atom is 0.123 e. The van der Waals surface area contributed by atoms with Crippen molar-refractivity contribution in [3.63, 3.8) is 0 Å². The second kappa shape index (κ2) is 5.12. The molecule has 104 valence electrons. The van der Waals surface area contributed by atoms with Gasteiger partial charge in [-0.25, -0.2) is 0 Å². The highest BCUT2D eigenvalue weighted by atomic mass is 35.5. The molecule has 2 atom stereocenters. The maximum absolute atomic E-state index is 10.7. The first kappa shape index (κ1) is 13.5. The average molecular weight is 289 g/mol. The van der Waals surface area contributed by atoms with Gasteiger partial charge in [0.25, 0.3) is 0 Å². The molecule has 2 nitrogen and oxygen atoms in total. The molecule has 3 heteroatoms. The highest BCUT2D eigenvalue weighted by Crippen LogP contribution is 2.42. The number of halogens is 1. The molecule has 20 heavy (non-hydrogen) atoms. The van der Waals surface area contributed by atoms with Crippen molar-refractivity contribution in [3.8, 4) is 5.75 Å². The van der Waals surface area contributed by atoms with Gasteiger partial charge in [-0.15, -0.1) is 0 Å². The zero-order valence-corrected chi connectivity index (χ0v) is 12.3. The molecule has 1 aliphatic heterocycles. The Morgan fingerprint density at radius 2 is 1.90 bits per heavy atom. The molecule has 0 aromatic heterocycles. The summed E-state index contributed by atoms with van der Waals surface area (Å²) in [7, 11) is 0. The lowest BCUT2D eigenvalue weighted by molar-refractivity contribution is 0.130. The van der Waals surface area contributed by atoms with E-state index < -0.39 is 6.10 Å². The first-order valence-electron chi connectivity index (χ1n) is 6.74. The Kier molecular flexibility index (Phi) is 3.45. The summed E-state index contributed by atoms with van der Waals surface area (Å²) >= 11 is 6.30. The number of benzene rings is 2. The molecule has 0 saturated carbocycles. The minimum absolute atomic E-state index is 0.0641. The molecule has 0 spiro atoms. The number of fused-ring (bicyclic) bond motifs is 1. The van der Waals surface area contributed by atoms with E-state index >= 15 is 0 Å². The smallest absolute Gasteiger partial charge is 0.123 e. The van der Waals surface area contributed by atoms with Crippen molar-refractivity contribution in [1.82, 2.24) is 0 Å². The highest BCUT2D eigenvalue weighted by Gasteiger charge is 2.32. The molecule has 0 radical (unpaired) electrons. The Labute approximate surface area is 124 Å². The Morgan fingerprint density at radius 3 is 2.70 bits per heavy atom. The number of hydrogen-bond donors (Lipinski definition) is 1. The highest BCUT2D eigenvalue weighted by molar-refractivity contribution is 6.31. The van der Waals surface area contributed by atoms with Crippen LogP contribution >= 0.6 is 11.6 Å². The summed E-state index contributed by atoms with van der Waals surface area (Å²) in [5.74, 6) is 0.794. The molecule has 1 aliphatic rings. The quantitative estimate of drug-likeness (QED) is 0.899. The maximum atomic E-state index is 10.7. The summed E-state index contributed by atoms with van der Waals surface area (Å²) in [5.41, 5.74) is 4.10. The van der Waals surface area contributed by atoms with Gasteiger partial charge >= 0.3 is 0 Å². The van der Waals surface area contributed by atoms with Crippen LogP contribution in [0, 0.1) is 13.8 Å². The van der Waals surface area contributed by atoms with Crippen molar-refractivity contribution in [2.45, 2.75) is 25.9 Å². The third kappa shape index (κ3) is 2.19. The molecule has 0 bridgehead atoms. The Balaban J connectivity index is 1.98. The molecule has 0 fully saturated rings. The minimum Gasteiger partial charge on any atom is -0.493 e. The number of aryl methyl sites for hydroxylation is 2. The average Bonchev–Trinajstić information content (AvgIpc) is 2.86. The normalized spacial score (nSPS) is 18.5. The number of aliphatic hydroxyl groups excluding tert-OH is 1. The molecule has 0 saturated heterocycles. The third-order valence-corrected chi connectivity index (χ3v) is 4.38. The summed E-state index contributed by atoms with van der Waals surface area (Å²) in [6, 6.07) is 11.7. The van der Waals surface area contributed by atoms with Crippen LogP contribution < -0.4 is 4.74 Å². The van der Waals surface area contributed by atoms with Gasteiger partial charge < -0.3 is 9.84 Å². The second-order valence-electron chi connectivity index (χ2n) is 5.36. The van der Waals surface area contributed by atoms with Crippen LogP contribution in [0.1, 0.15) is 34.3 Å². The van der Waals surface area contributed by atoms with E-state index in [1.165, 1.54) is 0 Å². The van der Waals surface area contributed by atoms with Gasteiger partial charge in [0.15, 0.2) is 0 Å². The van der Waals surface area contributed by atoms with Gasteiger partial charge in [0.1, 0.15) is 5.75 Å². The van der Waals surface area contributed by atoms with Gasteiger partial charge in [-0.3, -0.25) is 0 Å². The monoisotopic (exact) mass is 288 g/mol. The Bertz CT molecular complexity index is 651. The molecule has 2 aromatic carbocycles. The van der Waals surface area contributed by atoms with Gasteiger partial charge in [-0.2, -0.15) is 0 Å². The fourth-order valence-corrected chi connectivity index (χ4v) is 3.03. The van der Waals surface area contributed by atoms with Crippen LogP contribution in [0.5, 0.6) is 5.75 Å². The lowest BCUT2D eigenvalue weighted by atomic mass is 9.89. The molecule has 2 unspecified atom stereocenters. The van der Waals surface area contributed by atoms with Crippen molar-refractivity contribution < 1.29 is 9.84 Å². The lowest BCUT2D eigenvalue weighted by Gasteiger charge is -2.20. The van der Waals surface area contributed by atoms with Crippen LogP contribution in [0.2, 0.25) is 5.02 Å². The van der Waals surface area contributed by atoms with E-state index in [4.69, 9.17) is 16.3 Å². The summed E-state index contributed by atoms with van der Waals surface area (Å²) in [6.45, 7) is 4.54. The molecular formula is C17H17ClO2. The topological polar surface area (TPSA) is 29.5 Å². The van der Waals surface area contributed by atoms with E-state index in [1.807, 2.05) is 50.2 Å². The van der Waals surface area contributed by atoms with Gasteiger partial charge in [0.2, 0.25) is 0 Å². The first-order chi connectivity index (χ1) is 9.58. The van der Waals surface area contributed by atoms with Crippen LogP contribution in [0.15, 0.2) is 36.4 Å². The van der Waals surface area contributed by atoms with Crippen LogP contribution in [-0.2, 0) is 0 Å². The van der Waals surface area contributed by atoms with E-state index in [0.29, 0.717) is 11.6 Å². The van der Waals surface area contributed by atoms with Crippen molar-refractivity contribution in [2.75, 3.05) is 6.61 Å². The van der Waals surface area contributed by atoms with Crippen molar-refractivity contribution in [2.24, 2.45) is 0 Å². The second-order valence-corrected chi connectivity index (χ2v) is 5.77. The number of rotatable bonds is 2. The summed E-state index contributed by atoms with van der Waals surface area (Å²) in [4.78, 5) is 0. The van der Waals surface area contributed by atoms with E-state index in [9.17, 15) is 5.11 Å². The van der Waals surface area contributed by atoms with E-state index in [1.54, 1.807) is 0 Å². The van der Waals surface area contributed by atoms with Crippen molar-refractivity contribution >= 4 is 11.6 Å². The summed E-state index contributed by atoms with van der Waals surface area (Å²) in [5, 5.41) is 11.3. The summed E-state index contributed by atoms with van der Waals surface area (Å²) in [6.07, 6.45) is -0.648. The van der Waals surface area contributed by atoms with Crippen molar-refractivity contribution in [3.05, 3.63) is 63.7 Å². The Morgan fingerprint density at radius 1 is 1.20 bits per heavy atom. The number of hydrogen-bond acceptors (Lipinski definition) is 2. The lowest BCUT2D eigenvalue weighted by Crippen LogP contribution is -2.13. The van der Waals surface area contributed by atoms with E-state index in [0.717, 1.165) is 28.0 Å². The fourth-order valence-electron chi connectivity index (χ4n) is 2.70. The third-order valence-electron chi connectivity index (χ3n) is 4.05. The van der Waals surface area contributed by atoms with Crippen LogP contribution in [-0.4, -0.2) is 11.7 Å². The van der Waals surface area contributed by atoms with Gasteiger partial charge in [0.05, 0.1) is 18.6 Å². The molecule has 1 heterocycles. The van der Waals surface area contributed by atoms with E-state index in [-0.39, 0.29) is 5.92 Å². The van der Waals surface area contributed by atoms with Gasteiger partial charge in [-0.1, -0.05) is 35.9 Å². The molecule has 3 rings (SSSR count). The summed E-state index contributed by atoms with van der Waals surface area (Å²) < 4.78 is 5.64. The molecule has 2 aromatic rings. The number of ether oxygens (including phenoxy) is 1. The predicted octanol–water partition coefficient (Wildman–Crippen LogP) is 4.17. The standard InChI is InChI=1S/C17H17ClO2/c1-10-7-13(15(18)8-11(10)2)17(19)14-9-20-16-6-4-3-5-12(14)16/h3-8,14,17,19H,9H2,1-2H3. The van der Waals surface area contributed by atoms with Crippen LogP contribution in [0.25, 0.3) is 0 Å². The first-order valence-corrected chi connectivity index (χ1v) is 7.12. The number of para-hydroxylation sites is 1. The zero-order valence-electron chi connectivity index (χ0n) is 11.6.